The Hall–Kier alpha value is -2.67. The van der Waals surface area contributed by atoms with E-state index in [1.54, 1.807) is 4.68 Å². The molecular formula is C21H25ClN4O3. The molecule has 3 aromatic rings. The number of benzene rings is 1. The highest BCUT2D eigenvalue weighted by Gasteiger charge is 2.21. The smallest absolute Gasteiger partial charge is 0.306 e. The van der Waals surface area contributed by atoms with E-state index in [1.807, 2.05) is 58.0 Å². The molecule has 1 aromatic carbocycles. The Morgan fingerprint density at radius 3 is 2.62 bits per heavy atom. The molecule has 0 N–H and O–H groups in total. The van der Waals surface area contributed by atoms with E-state index in [4.69, 9.17) is 20.9 Å². The molecule has 0 atom stereocenters. The maximum Gasteiger partial charge on any atom is 0.306 e. The van der Waals surface area contributed by atoms with Crippen LogP contribution in [-0.2, 0) is 28.0 Å². The van der Waals surface area contributed by atoms with Gasteiger partial charge in [0, 0.05) is 23.8 Å². The van der Waals surface area contributed by atoms with Gasteiger partial charge in [0.1, 0.15) is 11.8 Å². The van der Waals surface area contributed by atoms with Gasteiger partial charge in [-0.3, -0.25) is 4.79 Å². The molecule has 0 spiro atoms. The molecule has 29 heavy (non-hydrogen) atoms. The van der Waals surface area contributed by atoms with E-state index in [-0.39, 0.29) is 24.4 Å². The number of carbonyl (C=O) groups is 1. The van der Waals surface area contributed by atoms with Crippen LogP contribution in [0.1, 0.15) is 56.6 Å². The van der Waals surface area contributed by atoms with Crippen LogP contribution in [0.3, 0.4) is 0 Å². The molecule has 2 heterocycles. The minimum atomic E-state index is -0.302. The summed E-state index contributed by atoms with van der Waals surface area (Å²) < 4.78 is 12.3. The molecule has 3 rings (SSSR count). The summed E-state index contributed by atoms with van der Waals surface area (Å²) in [7, 11) is 0. The van der Waals surface area contributed by atoms with Crippen LogP contribution >= 0.6 is 11.6 Å². The second-order valence-corrected chi connectivity index (χ2v) is 8.24. The largest absolute Gasteiger partial charge is 0.461 e. The normalized spacial score (nSPS) is 11.6. The van der Waals surface area contributed by atoms with Gasteiger partial charge in [-0.05, 0) is 25.5 Å². The first-order chi connectivity index (χ1) is 13.8. The Morgan fingerprint density at radius 1 is 1.24 bits per heavy atom. The monoisotopic (exact) mass is 416 g/mol. The lowest BCUT2D eigenvalue weighted by Gasteiger charge is -2.10. The minimum absolute atomic E-state index is 0.0884. The highest BCUT2D eigenvalue weighted by atomic mass is 35.5. The number of rotatable bonds is 7. The van der Waals surface area contributed by atoms with Gasteiger partial charge in [0.15, 0.2) is 5.82 Å². The number of halogens is 1. The topological polar surface area (TPSA) is 83.0 Å². The van der Waals surface area contributed by atoms with Gasteiger partial charge in [0.25, 0.3) is 0 Å². The van der Waals surface area contributed by atoms with Gasteiger partial charge in [-0.25, -0.2) is 4.68 Å². The van der Waals surface area contributed by atoms with Crippen LogP contribution in [0.25, 0.3) is 5.69 Å². The molecule has 0 aliphatic heterocycles. The van der Waals surface area contributed by atoms with E-state index < -0.39 is 0 Å². The Balaban J connectivity index is 1.51. The van der Waals surface area contributed by atoms with Gasteiger partial charge in [0.2, 0.25) is 5.89 Å². The minimum Gasteiger partial charge on any atom is -0.461 e. The van der Waals surface area contributed by atoms with Crippen molar-refractivity contribution in [1.29, 1.82) is 0 Å². The van der Waals surface area contributed by atoms with Gasteiger partial charge >= 0.3 is 5.97 Å². The lowest BCUT2D eigenvalue weighted by molar-refractivity contribution is -0.145. The van der Waals surface area contributed by atoms with Crippen molar-refractivity contribution < 1.29 is 14.1 Å². The summed E-state index contributed by atoms with van der Waals surface area (Å²) in [5.41, 5.74) is 2.12. The predicted octanol–water partition coefficient (Wildman–Crippen LogP) is 4.58. The molecular weight excluding hydrogens is 392 g/mol. The summed E-state index contributed by atoms with van der Waals surface area (Å²) in [6, 6.07) is 9.58. The SMILES string of the molecule is Cc1nn(-c2ccccc2)c(Cl)c1COC(=O)CCCc1nc(C(C)(C)C)no1. The third kappa shape index (κ3) is 5.23. The zero-order valence-electron chi connectivity index (χ0n) is 17.1. The Labute approximate surface area is 175 Å². The van der Waals surface area contributed by atoms with E-state index in [0.29, 0.717) is 35.3 Å². The van der Waals surface area contributed by atoms with Crippen molar-refractivity contribution in [3.8, 4) is 5.69 Å². The predicted molar refractivity (Wildman–Crippen MR) is 109 cm³/mol. The summed E-state index contributed by atoms with van der Waals surface area (Å²) in [6.45, 7) is 7.99. The summed E-state index contributed by atoms with van der Waals surface area (Å²) in [5.74, 6) is 0.893. The molecule has 0 fully saturated rings. The quantitative estimate of drug-likeness (QED) is 0.524. The molecule has 154 valence electrons. The number of esters is 1. The van der Waals surface area contributed by atoms with Crippen molar-refractivity contribution in [3.05, 3.63) is 58.5 Å². The molecule has 0 aliphatic carbocycles. The Kier molecular flexibility index (Phi) is 6.37. The van der Waals surface area contributed by atoms with E-state index in [9.17, 15) is 4.79 Å². The molecule has 0 radical (unpaired) electrons. The number of carbonyl (C=O) groups excluding carboxylic acids is 1. The number of para-hydroxylation sites is 1. The third-order valence-electron chi connectivity index (χ3n) is 4.41. The van der Waals surface area contributed by atoms with E-state index >= 15 is 0 Å². The van der Waals surface area contributed by atoms with Crippen molar-refractivity contribution in [2.24, 2.45) is 0 Å². The number of ether oxygens (including phenoxy) is 1. The third-order valence-corrected chi connectivity index (χ3v) is 4.80. The molecule has 0 unspecified atom stereocenters. The van der Waals surface area contributed by atoms with Crippen LogP contribution in [0.4, 0.5) is 0 Å². The van der Waals surface area contributed by atoms with E-state index in [2.05, 4.69) is 15.2 Å². The summed E-state index contributed by atoms with van der Waals surface area (Å²) >= 11 is 6.45. The zero-order chi connectivity index (χ0) is 21.0. The van der Waals surface area contributed by atoms with Crippen LogP contribution in [-0.4, -0.2) is 25.9 Å². The van der Waals surface area contributed by atoms with Gasteiger partial charge in [-0.15, -0.1) is 0 Å². The average Bonchev–Trinajstić information content (AvgIpc) is 3.26. The molecule has 0 bridgehead atoms. The Morgan fingerprint density at radius 2 is 1.97 bits per heavy atom. The first-order valence-corrected chi connectivity index (χ1v) is 9.91. The molecule has 0 aliphatic rings. The van der Waals surface area contributed by atoms with Gasteiger partial charge in [-0.2, -0.15) is 10.1 Å². The second-order valence-electron chi connectivity index (χ2n) is 7.88. The lowest BCUT2D eigenvalue weighted by atomic mass is 9.96. The van der Waals surface area contributed by atoms with Crippen LogP contribution in [0.5, 0.6) is 0 Å². The van der Waals surface area contributed by atoms with Gasteiger partial charge < -0.3 is 9.26 Å². The fraction of sp³-hybridized carbons (Fsp3) is 0.429. The average molecular weight is 417 g/mol. The highest BCUT2D eigenvalue weighted by Crippen LogP contribution is 2.24. The molecule has 2 aromatic heterocycles. The first-order valence-electron chi connectivity index (χ1n) is 9.54. The van der Waals surface area contributed by atoms with Crippen LogP contribution in [0, 0.1) is 6.92 Å². The highest BCUT2D eigenvalue weighted by molar-refractivity contribution is 6.30. The summed E-state index contributed by atoms with van der Waals surface area (Å²) in [5, 5.41) is 8.88. The summed E-state index contributed by atoms with van der Waals surface area (Å²) in [4.78, 5) is 16.5. The molecule has 8 heteroatoms. The molecule has 0 amide bonds. The number of hydrogen-bond donors (Lipinski definition) is 0. The van der Waals surface area contributed by atoms with Gasteiger partial charge in [0.05, 0.1) is 11.4 Å². The Bertz CT molecular complexity index is 974. The van der Waals surface area contributed by atoms with Crippen molar-refractivity contribution in [2.75, 3.05) is 0 Å². The fourth-order valence-electron chi connectivity index (χ4n) is 2.71. The van der Waals surface area contributed by atoms with Crippen LogP contribution in [0.15, 0.2) is 34.9 Å². The number of nitrogens with zero attached hydrogens (tertiary/aromatic N) is 4. The van der Waals surface area contributed by atoms with Crippen LogP contribution in [0.2, 0.25) is 5.15 Å². The maximum atomic E-state index is 12.1. The van der Waals surface area contributed by atoms with Gasteiger partial charge in [-0.1, -0.05) is 55.7 Å². The van der Waals surface area contributed by atoms with Crippen molar-refractivity contribution in [3.63, 3.8) is 0 Å². The van der Waals surface area contributed by atoms with Crippen molar-refractivity contribution in [1.82, 2.24) is 19.9 Å². The number of aromatic nitrogens is 4. The van der Waals surface area contributed by atoms with Crippen LogP contribution < -0.4 is 0 Å². The second kappa shape index (κ2) is 8.78. The zero-order valence-corrected chi connectivity index (χ0v) is 17.9. The van der Waals surface area contributed by atoms with Crippen molar-refractivity contribution >= 4 is 17.6 Å². The number of aryl methyl sites for hydroxylation is 2. The van der Waals surface area contributed by atoms with Crippen molar-refractivity contribution in [2.45, 2.75) is 59.0 Å². The fourth-order valence-corrected chi connectivity index (χ4v) is 3.03. The van der Waals surface area contributed by atoms with E-state index in [1.165, 1.54) is 0 Å². The maximum absolute atomic E-state index is 12.1. The molecule has 0 saturated heterocycles. The standard InChI is InChI=1S/C21H25ClN4O3/c1-14-16(19(22)26(24-14)15-9-6-5-7-10-15)13-28-18(27)12-8-11-17-23-20(25-29-17)21(2,3)4/h5-7,9-10H,8,11-13H2,1-4H3. The first kappa shape index (κ1) is 21.0. The molecule has 0 saturated carbocycles. The number of hydrogen-bond acceptors (Lipinski definition) is 6. The van der Waals surface area contributed by atoms with E-state index in [0.717, 1.165) is 11.4 Å². The summed E-state index contributed by atoms with van der Waals surface area (Å²) in [6.07, 6.45) is 1.36. The molecule has 7 nitrogen and oxygen atoms in total. The lowest BCUT2D eigenvalue weighted by Crippen LogP contribution is -2.13.